The molecule has 0 unspecified atom stereocenters. The van der Waals surface area contributed by atoms with Gasteiger partial charge in [0.25, 0.3) is 0 Å². The van der Waals surface area contributed by atoms with Crippen molar-refractivity contribution in [1.82, 2.24) is 9.80 Å². The highest BCUT2D eigenvalue weighted by atomic mass is 16.2. The molecule has 1 aromatic carbocycles. The number of hydrogen-bond acceptors (Lipinski definition) is 3. The molecular formula is C18H24N2O2. The van der Waals surface area contributed by atoms with Gasteiger partial charge in [-0.05, 0) is 12.8 Å². The van der Waals surface area contributed by atoms with E-state index in [1.807, 2.05) is 35.2 Å². The molecule has 1 saturated heterocycles. The lowest BCUT2D eigenvalue weighted by atomic mass is 10.1. The van der Waals surface area contributed by atoms with Crippen LogP contribution in [0.15, 0.2) is 30.3 Å². The Bertz CT molecular complexity index is 515. The summed E-state index contributed by atoms with van der Waals surface area (Å²) in [6.07, 6.45) is 4.51. The molecule has 2 fully saturated rings. The summed E-state index contributed by atoms with van der Waals surface area (Å²) in [4.78, 5) is 28.8. The van der Waals surface area contributed by atoms with Crippen LogP contribution in [0.1, 0.15) is 36.0 Å². The van der Waals surface area contributed by atoms with E-state index in [1.54, 1.807) is 0 Å². The van der Waals surface area contributed by atoms with E-state index in [4.69, 9.17) is 0 Å². The Morgan fingerprint density at radius 2 is 1.59 bits per heavy atom. The number of amides is 1. The summed E-state index contributed by atoms with van der Waals surface area (Å²) < 4.78 is 0. The number of rotatable bonds is 4. The molecule has 1 aliphatic carbocycles. The molecule has 118 valence electrons. The van der Waals surface area contributed by atoms with Crippen molar-refractivity contribution < 1.29 is 9.59 Å². The number of ketones is 1. The summed E-state index contributed by atoms with van der Waals surface area (Å²) >= 11 is 0. The van der Waals surface area contributed by atoms with Crippen molar-refractivity contribution in [3.63, 3.8) is 0 Å². The van der Waals surface area contributed by atoms with Crippen LogP contribution in [0, 0.1) is 5.92 Å². The minimum absolute atomic E-state index is 0.163. The monoisotopic (exact) mass is 300 g/mol. The predicted molar refractivity (Wildman–Crippen MR) is 85.8 cm³/mol. The van der Waals surface area contributed by atoms with Gasteiger partial charge in [-0.2, -0.15) is 0 Å². The molecule has 0 spiro atoms. The van der Waals surface area contributed by atoms with Crippen molar-refractivity contribution >= 4 is 11.7 Å². The summed E-state index contributed by atoms with van der Waals surface area (Å²) in [6.45, 7) is 3.58. The predicted octanol–water partition coefficient (Wildman–Crippen LogP) is 2.20. The Kier molecular flexibility index (Phi) is 4.88. The molecule has 0 atom stereocenters. The Labute approximate surface area is 132 Å². The van der Waals surface area contributed by atoms with Gasteiger partial charge in [-0.25, -0.2) is 0 Å². The number of piperazine rings is 1. The molecule has 0 aromatic heterocycles. The summed E-state index contributed by atoms with van der Waals surface area (Å²) in [5.41, 5.74) is 0.770. The molecule has 0 radical (unpaired) electrons. The molecular weight excluding hydrogens is 276 g/mol. The summed E-state index contributed by atoms with van der Waals surface area (Å²) in [6, 6.07) is 9.44. The van der Waals surface area contributed by atoms with Crippen LogP contribution >= 0.6 is 0 Å². The summed E-state index contributed by atoms with van der Waals surface area (Å²) in [5, 5.41) is 0. The number of Topliss-reactive ketones (excluding diaryl/α,β-unsaturated/α-hetero) is 1. The molecule has 1 saturated carbocycles. The van der Waals surface area contributed by atoms with Crippen molar-refractivity contribution in [2.75, 3.05) is 32.7 Å². The van der Waals surface area contributed by atoms with Crippen LogP contribution in [0.25, 0.3) is 0 Å². The number of carbonyl (C=O) groups is 2. The third-order valence-electron chi connectivity index (χ3n) is 4.85. The van der Waals surface area contributed by atoms with Crippen LogP contribution in [0.4, 0.5) is 0 Å². The smallest absolute Gasteiger partial charge is 0.225 e. The fourth-order valence-corrected chi connectivity index (χ4v) is 3.48. The zero-order chi connectivity index (χ0) is 15.4. The van der Waals surface area contributed by atoms with E-state index in [0.717, 1.165) is 44.6 Å². The maximum absolute atomic E-state index is 12.4. The van der Waals surface area contributed by atoms with Gasteiger partial charge < -0.3 is 4.90 Å². The minimum Gasteiger partial charge on any atom is -0.340 e. The first-order valence-electron chi connectivity index (χ1n) is 8.33. The largest absolute Gasteiger partial charge is 0.340 e. The molecule has 4 heteroatoms. The second-order valence-electron chi connectivity index (χ2n) is 6.37. The zero-order valence-electron chi connectivity index (χ0n) is 13.0. The standard InChI is InChI=1S/C18H24N2O2/c21-17(15-6-2-1-3-7-15)14-19-10-12-20(13-11-19)18(22)16-8-4-5-9-16/h1-3,6-7,16H,4-5,8-14H2. The Morgan fingerprint density at radius 1 is 0.955 bits per heavy atom. The molecule has 1 aliphatic heterocycles. The zero-order valence-corrected chi connectivity index (χ0v) is 13.0. The van der Waals surface area contributed by atoms with E-state index >= 15 is 0 Å². The van der Waals surface area contributed by atoms with Crippen LogP contribution in [-0.4, -0.2) is 54.2 Å². The van der Waals surface area contributed by atoms with Gasteiger partial charge in [-0.3, -0.25) is 14.5 Å². The molecule has 3 rings (SSSR count). The minimum atomic E-state index is 0.163. The van der Waals surface area contributed by atoms with Gasteiger partial charge in [-0.15, -0.1) is 0 Å². The van der Waals surface area contributed by atoms with Crippen LogP contribution in [0.2, 0.25) is 0 Å². The van der Waals surface area contributed by atoms with Crippen LogP contribution < -0.4 is 0 Å². The van der Waals surface area contributed by atoms with Gasteiger partial charge in [0.05, 0.1) is 6.54 Å². The summed E-state index contributed by atoms with van der Waals surface area (Å²) in [7, 11) is 0. The first-order chi connectivity index (χ1) is 10.7. The summed E-state index contributed by atoms with van der Waals surface area (Å²) in [5.74, 6) is 0.764. The van der Waals surface area contributed by atoms with Crippen molar-refractivity contribution in [2.24, 2.45) is 5.92 Å². The van der Waals surface area contributed by atoms with Crippen molar-refractivity contribution in [3.05, 3.63) is 35.9 Å². The average molecular weight is 300 g/mol. The first-order valence-corrected chi connectivity index (χ1v) is 8.33. The molecule has 1 heterocycles. The van der Waals surface area contributed by atoms with Gasteiger partial charge in [0, 0.05) is 37.7 Å². The first kappa shape index (κ1) is 15.2. The average Bonchev–Trinajstić information content (AvgIpc) is 3.10. The Hall–Kier alpha value is -1.68. The van der Waals surface area contributed by atoms with E-state index in [9.17, 15) is 9.59 Å². The van der Waals surface area contributed by atoms with Crippen molar-refractivity contribution in [2.45, 2.75) is 25.7 Å². The fourth-order valence-electron chi connectivity index (χ4n) is 3.48. The number of hydrogen-bond donors (Lipinski definition) is 0. The van der Waals surface area contributed by atoms with E-state index in [1.165, 1.54) is 12.8 Å². The Morgan fingerprint density at radius 3 is 2.23 bits per heavy atom. The molecule has 1 amide bonds. The highest BCUT2D eigenvalue weighted by Gasteiger charge is 2.29. The topological polar surface area (TPSA) is 40.6 Å². The lowest BCUT2D eigenvalue weighted by Crippen LogP contribution is -2.51. The fraction of sp³-hybridized carbons (Fsp3) is 0.556. The van der Waals surface area contributed by atoms with Crippen molar-refractivity contribution in [1.29, 1.82) is 0 Å². The van der Waals surface area contributed by atoms with Gasteiger partial charge in [0.15, 0.2) is 5.78 Å². The lowest BCUT2D eigenvalue weighted by Gasteiger charge is -2.35. The normalized spacial score (nSPS) is 20.3. The maximum Gasteiger partial charge on any atom is 0.225 e. The third-order valence-corrected chi connectivity index (χ3v) is 4.85. The molecule has 1 aromatic rings. The Balaban J connectivity index is 1.47. The van der Waals surface area contributed by atoms with E-state index in [-0.39, 0.29) is 11.7 Å². The number of nitrogens with zero attached hydrogens (tertiary/aromatic N) is 2. The number of carbonyl (C=O) groups excluding carboxylic acids is 2. The van der Waals surface area contributed by atoms with Gasteiger partial charge in [-0.1, -0.05) is 43.2 Å². The highest BCUT2D eigenvalue weighted by molar-refractivity contribution is 5.97. The highest BCUT2D eigenvalue weighted by Crippen LogP contribution is 2.26. The van der Waals surface area contributed by atoms with E-state index < -0.39 is 0 Å². The quantitative estimate of drug-likeness (QED) is 0.801. The van der Waals surface area contributed by atoms with Crippen molar-refractivity contribution in [3.8, 4) is 0 Å². The van der Waals surface area contributed by atoms with Gasteiger partial charge in [0.1, 0.15) is 0 Å². The second-order valence-corrected chi connectivity index (χ2v) is 6.37. The van der Waals surface area contributed by atoms with Crippen LogP contribution in [-0.2, 0) is 4.79 Å². The molecule has 22 heavy (non-hydrogen) atoms. The molecule has 0 N–H and O–H groups in total. The van der Waals surface area contributed by atoms with Crippen LogP contribution in [0.3, 0.4) is 0 Å². The van der Waals surface area contributed by atoms with Gasteiger partial charge in [0.2, 0.25) is 5.91 Å². The SMILES string of the molecule is O=C(CN1CCN(C(=O)C2CCCC2)CC1)c1ccccc1. The van der Waals surface area contributed by atoms with Crippen LogP contribution in [0.5, 0.6) is 0 Å². The molecule has 4 nitrogen and oxygen atoms in total. The van der Waals surface area contributed by atoms with E-state index in [2.05, 4.69) is 4.90 Å². The second kappa shape index (κ2) is 7.05. The van der Waals surface area contributed by atoms with E-state index in [0.29, 0.717) is 12.5 Å². The molecule has 0 bridgehead atoms. The number of benzene rings is 1. The third kappa shape index (κ3) is 3.55. The molecule has 2 aliphatic rings. The lowest BCUT2D eigenvalue weighted by molar-refractivity contribution is -0.137. The maximum atomic E-state index is 12.4. The van der Waals surface area contributed by atoms with Gasteiger partial charge >= 0.3 is 0 Å².